The summed E-state index contributed by atoms with van der Waals surface area (Å²) in [5.74, 6) is -1.74. The van der Waals surface area contributed by atoms with Crippen molar-refractivity contribution < 1.29 is 52.5 Å². The Kier molecular flexibility index (Phi) is 13.8. The van der Waals surface area contributed by atoms with Crippen molar-refractivity contribution in [3.05, 3.63) is 34.6 Å². The molecule has 216 valence electrons. The quantitative estimate of drug-likeness (QED) is 0.0595. The smallest absolute Gasteiger partial charge is 0.462 e. The molecule has 1 aromatic rings. The Morgan fingerprint density at radius 1 is 0.850 bits per heavy atom. The van der Waals surface area contributed by atoms with E-state index >= 15 is 0 Å². The maximum atomic E-state index is 12.7. The van der Waals surface area contributed by atoms with E-state index in [-0.39, 0.29) is 62.7 Å². The zero-order valence-electron chi connectivity index (χ0n) is 22.0. The molecule has 0 radical (unpaired) electrons. The van der Waals surface area contributed by atoms with Gasteiger partial charge in [-0.3, -0.25) is 19.2 Å². The van der Waals surface area contributed by atoms with Crippen molar-refractivity contribution in [3.63, 3.8) is 0 Å². The lowest BCUT2D eigenvalue weighted by atomic mass is 10.3. The first-order valence-corrected chi connectivity index (χ1v) is 13.9. The number of thioether (sulfide) groups is 2. The number of hydrogen-bond donors (Lipinski definition) is 1. The predicted octanol–water partition coefficient (Wildman–Crippen LogP) is 3.70. The van der Waals surface area contributed by atoms with Crippen molar-refractivity contribution in [2.45, 2.75) is 49.3 Å². The fourth-order valence-electron chi connectivity index (χ4n) is 2.79. The van der Waals surface area contributed by atoms with E-state index in [1.165, 1.54) is 12.1 Å². The summed E-state index contributed by atoms with van der Waals surface area (Å²) < 4.78 is 25.5. The van der Waals surface area contributed by atoms with Gasteiger partial charge in [0, 0.05) is 31.9 Å². The van der Waals surface area contributed by atoms with Crippen LogP contribution in [0.2, 0.25) is 0 Å². The van der Waals surface area contributed by atoms with Gasteiger partial charge >= 0.3 is 24.1 Å². The van der Waals surface area contributed by atoms with Gasteiger partial charge in [-0.1, -0.05) is 44.0 Å². The van der Waals surface area contributed by atoms with Crippen LogP contribution < -0.4 is 14.8 Å². The minimum absolute atomic E-state index is 0.00724. The highest BCUT2D eigenvalue weighted by Crippen LogP contribution is 2.58. The van der Waals surface area contributed by atoms with Gasteiger partial charge < -0.3 is 29.0 Å². The van der Waals surface area contributed by atoms with Crippen LogP contribution in [0, 0.1) is 0 Å². The summed E-state index contributed by atoms with van der Waals surface area (Å²) in [6.07, 6.45) is 1.33. The average Bonchev–Trinajstić information content (AvgIpc) is 3.39. The van der Waals surface area contributed by atoms with Gasteiger partial charge in [-0.2, -0.15) is 0 Å². The number of carbonyl (C=O) groups is 6. The first-order valence-electron chi connectivity index (χ1n) is 12.2. The first-order chi connectivity index (χ1) is 19.2. The third kappa shape index (κ3) is 10.1. The summed E-state index contributed by atoms with van der Waals surface area (Å²) in [6, 6.07) is 2.98. The molecule has 1 aromatic carbocycles. The fourth-order valence-corrected chi connectivity index (χ4v) is 5.39. The lowest BCUT2D eigenvalue weighted by molar-refractivity contribution is -0.138. The maximum Gasteiger partial charge on any atom is 0.508 e. The molecular weight excluding hydrogens is 566 g/mol. The molecule has 2 rings (SSSR count). The molecule has 1 amide bonds. The topological polar surface area (TPSA) is 161 Å². The molecule has 0 aliphatic carbocycles. The molecule has 1 aliphatic rings. The van der Waals surface area contributed by atoms with E-state index in [0.29, 0.717) is 26.7 Å². The van der Waals surface area contributed by atoms with E-state index in [1.54, 1.807) is 13.8 Å². The van der Waals surface area contributed by atoms with Crippen LogP contribution in [0.3, 0.4) is 0 Å². The van der Waals surface area contributed by atoms with Crippen LogP contribution in [-0.2, 0) is 38.2 Å². The number of ether oxygens (including phenoxy) is 5. The number of aldehydes is 1. The van der Waals surface area contributed by atoms with Gasteiger partial charge in [0.15, 0.2) is 6.29 Å². The van der Waals surface area contributed by atoms with Crippen LogP contribution in [0.5, 0.6) is 11.5 Å². The molecule has 0 saturated heterocycles. The lowest BCUT2D eigenvalue weighted by Crippen LogP contribution is -2.28. The van der Waals surface area contributed by atoms with Crippen molar-refractivity contribution in [3.8, 4) is 11.5 Å². The highest BCUT2D eigenvalue weighted by Gasteiger charge is 2.31. The van der Waals surface area contributed by atoms with Crippen LogP contribution in [0.1, 0.15) is 39.5 Å². The molecule has 0 fully saturated rings. The van der Waals surface area contributed by atoms with Gasteiger partial charge in [0.25, 0.3) is 5.91 Å². The molecule has 1 heterocycles. The summed E-state index contributed by atoms with van der Waals surface area (Å²) in [5, 5.41) is 2.58. The zero-order chi connectivity index (χ0) is 29.5. The SMILES string of the molecule is C=CC(=O)OCCCOC(=O)OCCCNC(=O)C(C=O)=C1Sc2c(OC(=O)CC)ccc(OC(=O)CC)c2S1. The van der Waals surface area contributed by atoms with E-state index < -0.39 is 30.0 Å². The third-order valence-corrected chi connectivity index (χ3v) is 7.44. The fraction of sp³-hybridized carbons (Fsp3) is 0.385. The van der Waals surface area contributed by atoms with Gasteiger partial charge in [0.2, 0.25) is 0 Å². The van der Waals surface area contributed by atoms with Crippen LogP contribution in [0.25, 0.3) is 0 Å². The van der Waals surface area contributed by atoms with Crippen LogP contribution in [-0.4, -0.2) is 62.6 Å². The highest BCUT2D eigenvalue weighted by atomic mass is 32.2. The number of benzene rings is 1. The second kappa shape index (κ2) is 17.0. The van der Waals surface area contributed by atoms with Gasteiger partial charge in [-0.15, -0.1) is 0 Å². The Balaban J connectivity index is 1.93. The summed E-state index contributed by atoms with van der Waals surface area (Å²) in [4.78, 5) is 71.7. The molecular formula is C26H29NO11S2. The third-order valence-electron chi connectivity index (χ3n) is 4.78. The highest BCUT2D eigenvalue weighted by molar-refractivity contribution is 8.25. The maximum absolute atomic E-state index is 12.7. The van der Waals surface area contributed by atoms with Crippen LogP contribution in [0.4, 0.5) is 4.79 Å². The van der Waals surface area contributed by atoms with Gasteiger partial charge in [-0.25, -0.2) is 9.59 Å². The molecule has 0 spiro atoms. The number of carbonyl (C=O) groups excluding carboxylic acids is 6. The van der Waals surface area contributed by atoms with Crippen LogP contribution >= 0.6 is 23.5 Å². The number of nitrogens with one attached hydrogen (secondary N) is 1. The first kappa shape index (κ1) is 32.4. The Bertz CT molecular complexity index is 1130. The van der Waals surface area contributed by atoms with E-state index in [2.05, 4.69) is 11.9 Å². The van der Waals surface area contributed by atoms with Crippen molar-refractivity contribution in [1.82, 2.24) is 5.32 Å². The summed E-state index contributed by atoms with van der Waals surface area (Å²) in [5.41, 5.74) is -0.163. The number of esters is 3. The second-order valence-electron chi connectivity index (χ2n) is 7.68. The van der Waals surface area contributed by atoms with Gasteiger partial charge in [0.1, 0.15) is 11.5 Å². The molecule has 12 nitrogen and oxygen atoms in total. The molecule has 0 unspecified atom stereocenters. The normalized spacial score (nSPS) is 11.5. The average molecular weight is 596 g/mol. The summed E-state index contributed by atoms with van der Waals surface area (Å²) in [7, 11) is 0. The number of rotatable bonds is 15. The Labute approximate surface area is 239 Å². The number of hydrogen-bond acceptors (Lipinski definition) is 13. The largest absolute Gasteiger partial charge is 0.508 e. The minimum atomic E-state index is -0.909. The summed E-state index contributed by atoms with van der Waals surface area (Å²) >= 11 is 2.10. The van der Waals surface area contributed by atoms with E-state index in [0.717, 1.165) is 29.6 Å². The number of fused-ring (bicyclic) bond motifs is 1. The Morgan fingerprint density at radius 2 is 1.38 bits per heavy atom. The van der Waals surface area contributed by atoms with Gasteiger partial charge in [0.05, 0.1) is 39.4 Å². The molecule has 1 N–H and O–H groups in total. The monoisotopic (exact) mass is 595 g/mol. The second-order valence-corrected chi connectivity index (χ2v) is 9.98. The van der Waals surface area contributed by atoms with Gasteiger partial charge in [-0.05, 0) is 18.6 Å². The molecule has 0 saturated carbocycles. The van der Waals surface area contributed by atoms with Crippen molar-refractivity contribution in [1.29, 1.82) is 0 Å². The van der Waals surface area contributed by atoms with Crippen LogP contribution in [0.15, 0.2) is 44.4 Å². The molecule has 14 heteroatoms. The van der Waals surface area contributed by atoms with Crippen molar-refractivity contribution >= 4 is 59.8 Å². The molecule has 0 bridgehead atoms. The molecule has 0 aromatic heterocycles. The summed E-state index contributed by atoms with van der Waals surface area (Å²) in [6.45, 7) is 6.64. The van der Waals surface area contributed by atoms with E-state index in [1.807, 2.05) is 0 Å². The standard InChI is InChI=1S/C26H29NO11S2/c1-4-19(29)34-13-8-14-36-26(33)35-12-7-11-27-24(32)16(15-28)25-39-22-17(37-20(30)5-2)9-10-18(23(22)40-25)38-21(31)6-3/h4,9-10,15H,1,5-8,11-14H2,2-3H3,(H,27,32). The Morgan fingerprint density at radius 3 is 1.88 bits per heavy atom. The molecule has 40 heavy (non-hydrogen) atoms. The molecule has 0 atom stereocenters. The predicted molar refractivity (Wildman–Crippen MR) is 144 cm³/mol. The Hall–Kier alpha value is -3.78. The molecule has 1 aliphatic heterocycles. The van der Waals surface area contributed by atoms with Crippen molar-refractivity contribution in [2.75, 3.05) is 26.4 Å². The zero-order valence-corrected chi connectivity index (χ0v) is 23.6. The minimum Gasteiger partial charge on any atom is -0.462 e. The van der Waals surface area contributed by atoms with E-state index in [4.69, 9.17) is 23.7 Å². The number of amides is 1. The van der Waals surface area contributed by atoms with E-state index in [9.17, 15) is 28.8 Å². The van der Waals surface area contributed by atoms with Crippen molar-refractivity contribution in [2.24, 2.45) is 0 Å². The lowest BCUT2D eigenvalue weighted by Gasteiger charge is -2.11.